The van der Waals surface area contributed by atoms with Crippen LogP contribution in [-0.4, -0.2) is 16.7 Å². The Morgan fingerprint density at radius 1 is 2.00 bits per heavy atom. The van der Waals surface area contributed by atoms with Crippen LogP contribution in [-0.2, 0) is 0 Å². The van der Waals surface area contributed by atoms with Crippen LogP contribution in [0.5, 0.6) is 0 Å². The molecule has 5 heteroatoms. The molecule has 1 aliphatic rings. The van der Waals surface area contributed by atoms with E-state index in [0.29, 0.717) is 6.67 Å². The Morgan fingerprint density at radius 2 is 2.71 bits per heavy atom. The molecule has 1 rings (SSSR count). The first-order chi connectivity index (χ1) is 3.30. The minimum absolute atomic E-state index is 0.395. The first kappa shape index (κ1) is 4.83. The van der Waals surface area contributed by atoms with Gasteiger partial charge in [-0.05, 0) is 0 Å². The van der Waals surface area contributed by atoms with Crippen molar-refractivity contribution in [3.63, 3.8) is 0 Å². The summed E-state index contributed by atoms with van der Waals surface area (Å²) < 4.78 is 13.1. The van der Waals surface area contributed by atoms with Gasteiger partial charge in [0.2, 0.25) is 0 Å². The summed E-state index contributed by atoms with van der Waals surface area (Å²) in [6.07, 6.45) is -0.528. The Labute approximate surface area is 48.5 Å². The minimum Gasteiger partial charge on any atom is -0.285 e. The molecule has 0 unspecified atom stereocenters. The van der Waals surface area contributed by atoms with Crippen molar-refractivity contribution in [2.75, 3.05) is 6.67 Å². The lowest BCUT2D eigenvalue weighted by molar-refractivity contribution is 0.611. The van der Waals surface area contributed by atoms with Gasteiger partial charge in [0, 0.05) is 0 Å². The van der Waals surface area contributed by atoms with Gasteiger partial charge in [-0.25, -0.2) is 3.93 Å². The van der Waals surface area contributed by atoms with Crippen molar-refractivity contribution in [1.82, 2.24) is 9.35 Å². The Hall–Kier alpha value is -0.320. The van der Waals surface area contributed by atoms with E-state index in [1.54, 1.807) is 0 Å². The number of rotatable bonds is 0. The van der Waals surface area contributed by atoms with E-state index < -0.39 is 6.09 Å². The van der Waals surface area contributed by atoms with E-state index in [9.17, 15) is 4.39 Å². The predicted molar refractivity (Wildman–Crippen MR) is 27.3 cm³/mol. The molecule has 1 heterocycles. The molecule has 40 valence electrons. The van der Waals surface area contributed by atoms with Crippen LogP contribution in [0.15, 0.2) is 5.10 Å². The number of halogens is 2. The normalized spacial score (nSPS) is 19.1. The second-order valence-electron chi connectivity index (χ2n) is 1.06. The summed E-state index contributed by atoms with van der Waals surface area (Å²) in [5.74, 6) is 0. The Kier molecular flexibility index (Phi) is 1.14. The van der Waals surface area contributed by atoms with Gasteiger partial charge in [0.1, 0.15) is 6.67 Å². The van der Waals surface area contributed by atoms with Gasteiger partial charge in [0.25, 0.3) is 0 Å². The quantitative estimate of drug-likeness (QED) is 0.418. The van der Waals surface area contributed by atoms with E-state index in [-0.39, 0.29) is 0 Å². The second-order valence-corrected chi connectivity index (χ2v) is 1.92. The van der Waals surface area contributed by atoms with E-state index in [0.717, 1.165) is 0 Å². The van der Waals surface area contributed by atoms with Crippen LogP contribution in [0.1, 0.15) is 0 Å². The zero-order chi connectivity index (χ0) is 5.28. The highest BCUT2D eigenvalue weighted by molar-refractivity contribution is 9.07. The molecule has 3 nitrogen and oxygen atoms in total. The van der Waals surface area contributed by atoms with E-state index >= 15 is 0 Å². The maximum Gasteiger partial charge on any atom is 0.313 e. The summed E-state index contributed by atoms with van der Waals surface area (Å²) >= 11 is 2.87. The number of nitrogens with zero attached hydrogens (tertiary/aromatic N) is 2. The molecule has 0 saturated heterocycles. The van der Waals surface area contributed by atoms with Crippen LogP contribution in [0.25, 0.3) is 0 Å². The zero-order valence-corrected chi connectivity index (χ0v) is 4.94. The van der Waals surface area contributed by atoms with Gasteiger partial charge >= 0.3 is 6.09 Å². The SMILES string of the molecule is FC1=NNCN1Br. The van der Waals surface area contributed by atoms with Gasteiger partial charge in [-0.3, -0.25) is 5.43 Å². The smallest absolute Gasteiger partial charge is 0.285 e. The van der Waals surface area contributed by atoms with E-state index in [2.05, 4.69) is 26.7 Å². The van der Waals surface area contributed by atoms with Crippen LogP contribution in [0.2, 0.25) is 0 Å². The number of nitrogens with one attached hydrogen (secondary N) is 1. The van der Waals surface area contributed by atoms with E-state index in [4.69, 9.17) is 0 Å². The van der Waals surface area contributed by atoms with Crippen molar-refractivity contribution >= 4 is 22.2 Å². The maximum absolute atomic E-state index is 11.9. The molecule has 0 aromatic rings. The summed E-state index contributed by atoms with van der Waals surface area (Å²) in [4.78, 5) is 0. The summed E-state index contributed by atoms with van der Waals surface area (Å²) in [5.41, 5.74) is 2.41. The lowest BCUT2D eigenvalue weighted by Crippen LogP contribution is -2.14. The van der Waals surface area contributed by atoms with Gasteiger partial charge in [-0.15, -0.1) is 5.10 Å². The molecule has 0 spiro atoms. The first-order valence-corrected chi connectivity index (χ1v) is 2.41. The summed E-state index contributed by atoms with van der Waals surface area (Å²) in [6, 6.07) is 0. The fourth-order valence-corrected chi connectivity index (χ4v) is 0.474. The molecule has 0 amide bonds. The molecule has 0 radical (unpaired) electrons. The largest absolute Gasteiger partial charge is 0.313 e. The first-order valence-electron chi connectivity index (χ1n) is 1.70. The molecular formula is C2H3BrFN3. The van der Waals surface area contributed by atoms with Gasteiger partial charge in [0.05, 0.1) is 16.1 Å². The molecule has 0 atom stereocenters. The van der Waals surface area contributed by atoms with Crippen LogP contribution >= 0.6 is 16.1 Å². The molecule has 0 aliphatic carbocycles. The average molecular weight is 168 g/mol. The van der Waals surface area contributed by atoms with Crippen LogP contribution < -0.4 is 5.43 Å². The molecule has 1 aliphatic heterocycles. The van der Waals surface area contributed by atoms with Gasteiger partial charge in [0.15, 0.2) is 0 Å². The molecule has 0 aromatic heterocycles. The summed E-state index contributed by atoms with van der Waals surface area (Å²) in [5, 5.41) is 3.20. The van der Waals surface area contributed by atoms with E-state index in [1.807, 2.05) is 0 Å². The van der Waals surface area contributed by atoms with Gasteiger partial charge in [-0.2, -0.15) is 4.39 Å². The summed E-state index contributed by atoms with van der Waals surface area (Å²) in [6.45, 7) is 0.395. The third-order valence-corrected chi connectivity index (χ3v) is 1.12. The minimum atomic E-state index is -0.528. The molecule has 0 aromatic carbocycles. The fraction of sp³-hybridized carbons (Fsp3) is 0.500. The van der Waals surface area contributed by atoms with Crippen molar-refractivity contribution < 1.29 is 4.39 Å². The van der Waals surface area contributed by atoms with Crippen molar-refractivity contribution in [2.45, 2.75) is 0 Å². The zero-order valence-electron chi connectivity index (χ0n) is 3.36. The topological polar surface area (TPSA) is 27.6 Å². The van der Waals surface area contributed by atoms with Crippen LogP contribution in [0.4, 0.5) is 4.39 Å². The van der Waals surface area contributed by atoms with Gasteiger partial charge in [-0.1, -0.05) is 0 Å². The monoisotopic (exact) mass is 167 g/mol. The lowest BCUT2D eigenvalue weighted by Gasteiger charge is -1.98. The number of hydrogen-bond donors (Lipinski definition) is 1. The molecule has 1 N–H and O–H groups in total. The van der Waals surface area contributed by atoms with Crippen LogP contribution in [0.3, 0.4) is 0 Å². The second kappa shape index (κ2) is 1.65. The Bertz CT molecular complexity index is 103. The van der Waals surface area contributed by atoms with Crippen molar-refractivity contribution in [3.05, 3.63) is 0 Å². The number of amidine groups is 1. The highest BCUT2D eigenvalue weighted by Crippen LogP contribution is 2.02. The van der Waals surface area contributed by atoms with Crippen LogP contribution in [0, 0.1) is 0 Å². The fourth-order valence-electron chi connectivity index (χ4n) is 0.282. The number of hydrazone groups is 1. The lowest BCUT2D eigenvalue weighted by atomic mass is 11.1. The van der Waals surface area contributed by atoms with Crippen molar-refractivity contribution in [3.8, 4) is 0 Å². The standard InChI is InChI=1S/C2H3BrFN3/c3-7-1-5-6-2(7)4/h5H,1H2. The van der Waals surface area contributed by atoms with E-state index in [1.165, 1.54) is 3.93 Å². The maximum atomic E-state index is 11.9. The predicted octanol–water partition coefficient (Wildman–Crippen LogP) is 0.400. The molecule has 7 heavy (non-hydrogen) atoms. The highest BCUT2D eigenvalue weighted by atomic mass is 79.9. The molecule has 0 saturated carbocycles. The Balaban J connectivity index is 2.54. The molecule has 0 fully saturated rings. The average Bonchev–Trinajstić information content (AvgIpc) is 1.91. The molecule has 0 bridgehead atoms. The Morgan fingerprint density at radius 3 is 2.86 bits per heavy atom. The molecular weight excluding hydrogens is 165 g/mol. The van der Waals surface area contributed by atoms with Crippen molar-refractivity contribution in [2.24, 2.45) is 5.10 Å². The summed E-state index contributed by atoms with van der Waals surface area (Å²) in [7, 11) is 0. The third-order valence-electron chi connectivity index (χ3n) is 0.581. The number of hydrogen-bond acceptors (Lipinski definition) is 3. The highest BCUT2D eigenvalue weighted by Gasteiger charge is 2.10. The van der Waals surface area contributed by atoms with Crippen molar-refractivity contribution in [1.29, 1.82) is 0 Å². The van der Waals surface area contributed by atoms with Gasteiger partial charge < -0.3 is 0 Å². The third kappa shape index (κ3) is 0.821.